The number of aryl methyl sites for hydroxylation is 1. The molecule has 0 bridgehead atoms. The Kier molecular flexibility index (Phi) is 6.80. The molecule has 42 heavy (non-hydrogen) atoms. The number of benzene rings is 3. The Morgan fingerprint density at radius 2 is 1.71 bits per heavy atom. The maximum atomic E-state index is 13.9. The molecule has 9 nitrogen and oxygen atoms in total. The number of ether oxygens (including phenoxy) is 1. The lowest BCUT2D eigenvalue weighted by Gasteiger charge is -2.26. The molecule has 1 aliphatic carbocycles. The molecular weight excluding hydrogens is 530 g/mol. The fourth-order valence-corrected chi connectivity index (χ4v) is 5.78. The van der Waals surface area contributed by atoms with E-state index < -0.39 is 17.7 Å². The predicted octanol–water partition coefficient (Wildman–Crippen LogP) is 5.47. The minimum atomic E-state index is -0.860. The van der Waals surface area contributed by atoms with Crippen LogP contribution >= 0.6 is 0 Å². The fourth-order valence-electron chi connectivity index (χ4n) is 5.78. The number of H-pyrrole nitrogens is 1. The van der Waals surface area contributed by atoms with Crippen molar-refractivity contribution in [2.75, 3.05) is 5.32 Å². The van der Waals surface area contributed by atoms with Gasteiger partial charge in [0.2, 0.25) is 5.91 Å². The maximum Gasteiger partial charge on any atom is 0.408 e. The Hall–Kier alpha value is -4.92. The van der Waals surface area contributed by atoms with Gasteiger partial charge in [-0.25, -0.2) is 10.2 Å². The van der Waals surface area contributed by atoms with Crippen molar-refractivity contribution in [2.45, 2.75) is 52.2 Å². The fraction of sp³-hybridized carbons (Fsp3) is 0.273. The van der Waals surface area contributed by atoms with Gasteiger partial charge in [-0.2, -0.15) is 5.10 Å². The first-order valence-electron chi connectivity index (χ1n) is 14.0. The summed E-state index contributed by atoms with van der Waals surface area (Å²) in [5, 5.41) is 10.6. The summed E-state index contributed by atoms with van der Waals surface area (Å²) in [6.07, 6.45) is 2.27. The van der Waals surface area contributed by atoms with Gasteiger partial charge in [0.1, 0.15) is 11.6 Å². The minimum absolute atomic E-state index is 0.165. The number of hydrogen-bond donors (Lipinski definition) is 4. The van der Waals surface area contributed by atoms with Crippen LogP contribution in [0.15, 0.2) is 65.8 Å². The number of nitrogens with one attached hydrogen (secondary N) is 4. The quantitative estimate of drug-likeness (QED) is 0.257. The topological polar surface area (TPSA) is 125 Å². The van der Waals surface area contributed by atoms with E-state index in [1.807, 2.05) is 43.3 Å². The SMILES string of the molecule is Cc1ccc(-c2[nH]c3cc(NC(=O)[C@H](NC(=O)OC(C)(C)C)C4Cc5ccccc5C4)cc4c3c2C=NNC4=O)cc1. The molecule has 1 aliphatic heterocycles. The Balaban J connectivity index is 1.34. The van der Waals surface area contributed by atoms with Crippen LogP contribution in [-0.4, -0.2) is 40.7 Å². The lowest BCUT2D eigenvalue weighted by Crippen LogP contribution is -2.50. The molecule has 3 aromatic carbocycles. The Labute approximate surface area is 243 Å². The summed E-state index contributed by atoms with van der Waals surface area (Å²) in [6.45, 7) is 7.36. The normalized spacial score (nSPS) is 15.1. The molecule has 4 N–H and O–H groups in total. The van der Waals surface area contributed by atoms with Gasteiger partial charge in [-0.15, -0.1) is 0 Å². The van der Waals surface area contributed by atoms with Crippen molar-refractivity contribution in [1.82, 2.24) is 15.7 Å². The standard InChI is InChI=1S/C33H33N5O4/c1-18-9-11-19(12-10-18)28-25-17-34-38-30(39)24-15-23(16-26(36-28)27(24)25)35-31(40)29(37-32(41)42-33(2,3)4)22-13-20-7-5-6-8-21(20)14-22/h5-12,15-17,22,29,36H,13-14H2,1-4H3,(H,35,40)(H,37,41)(H,38,39)/t29-/m1/s1. The number of rotatable bonds is 5. The second-order valence-corrected chi connectivity index (χ2v) is 12.0. The molecule has 0 saturated heterocycles. The van der Waals surface area contributed by atoms with Crippen LogP contribution in [-0.2, 0) is 22.4 Å². The number of amides is 3. The summed E-state index contributed by atoms with van der Waals surface area (Å²) in [7, 11) is 0. The second-order valence-electron chi connectivity index (χ2n) is 12.0. The van der Waals surface area contributed by atoms with Gasteiger partial charge in [0, 0.05) is 22.2 Å². The van der Waals surface area contributed by atoms with E-state index in [4.69, 9.17) is 4.74 Å². The number of carbonyl (C=O) groups is 3. The number of aromatic nitrogens is 1. The lowest BCUT2D eigenvalue weighted by molar-refractivity contribution is -0.119. The van der Waals surface area contributed by atoms with Crippen molar-refractivity contribution in [3.8, 4) is 11.3 Å². The number of nitrogens with zero attached hydrogens (tertiary/aromatic N) is 1. The molecule has 0 saturated carbocycles. The number of aromatic amines is 1. The highest BCUT2D eigenvalue weighted by Crippen LogP contribution is 2.35. The van der Waals surface area contributed by atoms with Gasteiger partial charge in [-0.05, 0) is 75.3 Å². The van der Waals surface area contributed by atoms with Gasteiger partial charge < -0.3 is 20.4 Å². The van der Waals surface area contributed by atoms with Gasteiger partial charge >= 0.3 is 6.09 Å². The predicted molar refractivity (Wildman–Crippen MR) is 163 cm³/mol. The monoisotopic (exact) mass is 563 g/mol. The van der Waals surface area contributed by atoms with Crippen LogP contribution < -0.4 is 16.1 Å². The van der Waals surface area contributed by atoms with Crippen molar-refractivity contribution >= 4 is 40.7 Å². The van der Waals surface area contributed by atoms with E-state index in [9.17, 15) is 14.4 Å². The van der Waals surface area contributed by atoms with Gasteiger partial charge in [0.25, 0.3) is 5.91 Å². The van der Waals surface area contributed by atoms with Crippen LogP contribution in [0.2, 0.25) is 0 Å². The van der Waals surface area contributed by atoms with Crippen LogP contribution in [0.5, 0.6) is 0 Å². The summed E-state index contributed by atoms with van der Waals surface area (Å²) in [6, 6.07) is 18.7. The van der Waals surface area contributed by atoms with Gasteiger partial charge in [0.15, 0.2) is 0 Å². The van der Waals surface area contributed by atoms with E-state index in [0.29, 0.717) is 29.6 Å². The van der Waals surface area contributed by atoms with Crippen molar-refractivity contribution in [1.29, 1.82) is 0 Å². The van der Waals surface area contributed by atoms with Crippen molar-refractivity contribution < 1.29 is 19.1 Å². The molecular formula is C33H33N5O4. The van der Waals surface area contributed by atoms with Crippen LogP contribution in [0.25, 0.3) is 22.2 Å². The zero-order valence-electron chi connectivity index (χ0n) is 24.0. The molecule has 1 atom stereocenters. The third-order valence-corrected chi connectivity index (χ3v) is 7.66. The summed E-state index contributed by atoms with van der Waals surface area (Å²) < 4.78 is 5.50. The highest BCUT2D eigenvalue weighted by Gasteiger charge is 2.36. The van der Waals surface area contributed by atoms with Crippen LogP contribution in [0.1, 0.15) is 53.4 Å². The Morgan fingerprint density at radius 3 is 2.38 bits per heavy atom. The van der Waals surface area contributed by atoms with E-state index in [1.54, 1.807) is 39.1 Å². The van der Waals surface area contributed by atoms with Crippen molar-refractivity contribution in [2.24, 2.45) is 11.0 Å². The highest BCUT2D eigenvalue weighted by atomic mass is 16.6. The number of anilines is 1. The van der Waals surface area contributed by atoms with Crippen molar-refractivity contribution in [3.05, 3.63) is 88.5 Å². The average molecular weight is 564 g/mol. The van der Waals surface area contributed by atoms with Gasteiger partial charge in [0.05, 0.1) is 17.5 Å². The molecule has 0 spiro atoms. The molecule has 2 aliphatic rings. The molecule has 0 radical (unpaired) electrons. The molecule has 6 rings (SSSR count). The van der Waals surface area contributed by atoms with Crippen molar-refractivity contribution in [3.63, 3.8) is 0 Å². The number of fused-ring (bicyclic) bond motifs is 1. The van der Waals surface area contributed by atoms with Crippen LogP contribution in [0.3, 0.4) is 0 Å². The Morgan fingerprint density at radius 1 is 1.02 bits per heavy atom. The first-order valence-corrected chi connectivity index (χ1v) is 14.0. The summed E-state index contributed by atoms with van der Waals surface area (Å²) >= 11 is 0. The number of carbonyl (C=O) groups excluding carboxylic acids is 3. The van der Waals surface area contributed by atoms with E-state index >= 15 is 0 Å². The summed E-state index contributed by atoms with van der Waals surface area (Å²) in [5.74, 6) is -0.932. The average Bonchev–Trinajstić information content (AvgIpc) is 3.47. The Bertz CT molecular complexity index is 1720. The van der Waals surface area contributed by atoms with Crippen LogP contribution in [0, 0.1) is 12.8 Å². The van der Waals surface area contributed by atoms with E-state index in [0.717, 1.165) is 38.9 Å². The number of hydrogen-bond acceptors (Lipinski definition) is 5. The molecule has 3 amide bonds. The largest absolute Gasteiger partial charge is 0.444 e. The zero-order valence-corrected chi connectivity index (χ0v) is 24.0. The lowest BCUT2D eigenvalue weighted by atomic mass is 9.95. The molecule has 2 heterocycles. The minimum Gasteiger partial charge on any atom is -0.444 e. The summed E-state index contributed by atoms with van der Waals surface area (Å²) in [4.78, 5) is 43.2. The van der Waals surface area contributed by atoms with Gasteiger partial charge in [-0.1, -0.05) is 54.1 Å². The number of alkyl carbamates (subject to hydrolysis) is 1. The maximum absolute atomic E-state index is 13.9. The molecule has 214 valence electrons. The molecule has 9 heteroatoms. The third-order valence-electron chi connectivity index (χ3n) is 7.66. The molecule has 1 aromatic heterocycles. The molecule has 4 aromatic rings. The second kappa shape index (κ2) is 10.5. The van der Waals surface area contributed by atoms with Crippen LogP contribution in [0.4, 0.5) is 10.5 Å². The highest BCUT2D eigenvalue weighted by molar-refractivity contribution is 6.18. The zero-order chi connectivity index (χ0) is 29.6. The third kappa shape index (κ3) is 5.37. The van der Waals surface area contributed by atoms with Gasteiger partial charge in [-0.3, -0.25) is 9.59 Å². The first-order chi connectivity index (χ1) is 20.1. The number of hydrazone groups is 1. The molecule has 0 fully saturated rings. The first kappa shape index (κ1) is 27.3. The molecule has 0 unspecified atom stereocenters. The smallest absolute Gasteiger partial charge is 0.408 e. The van der Waals surface area contributed by atoms with E-state index in [-0.39, 0.29) is 17.7 Å². The van der Waals surface area contributed by atoms with E-state index in [2.05, 4.69) is 38.3 Å². The summed E-state index contributed by atoms with van der Waals surface area (Å²) in [5.41, 5.74) is 9.35. The van der Waals surface area contributed by atoms with E-state index in [1.165, 1.54) is 0 Å².